The fourth-order valence-corrected chi connectivity index (χ4v) is 5.67. The van der Waals surface area contributed by atoms with Crippen molar-refractivity contribution in [1.29, 1.82) is 0 Å². The van der Waals surface area contributed by atoms with Crippen molar-refractivity contribution in [3.8, 4) is 11.4 Å². The predicted octanol–water partition coefficient (Wildman–Crippen LogP) is 3.56. The van der Waals surface area contributed by atoms with E-state index in [4.69, 9.17) is 4.52 Å². The van der Waals surface area contributed by atoms with E-state index in [-0.39, 0.29) is 6.04 Å². The molecule has 158 valence electrons. The molecular weight excluding hydrogens is 400 g/mol. The molecule has 2 heterocycles. The normalized spacial score (nSPS) is 18.0. The van der Waals surface area contributed by atoms with Gasteiger partial charge in [0.15, 0.2) is 0 Å². The summed E-state index contributed by atoms with van der Waals surface area (Å²) in [6, 6.07) is 13.6. The molecule has 0 spiro atoms. The number of hydrogen-bond donors (Lipinski definition) is 0. The molecule has 1 fully saturated rings. The Balaban J connectivity index is 1.60. The summed E-state index contributed by atoms with van der Waals surface area (Å²) < 4.78 is 33.6. The van der Waals surface area contributed by atoms with Gasteiger partial charge >= 0.3 is 0 Å². The molecule has 1 atom stereocenters. The van der Waals surface area contributed by atoms with Gasteiger partial charge in [0.25, 0.3) is 0 Å². The molecule has 0 N–H and O–H groups in total. The van der Waals surface area contributed by atoms with Crippen molar-refractivity contribution in [2.24, 2.45) is 0 Å². The van der Waals surface area contributed by atoms with Crippen LogP contribution in [0.1, 0.15) is 23.9 Å². The molecule has 8 heteroatoms. The fraction of sp³-hybridized carbons (Fsp3) is 0.364. The van der Waals surface area contributed by atoms with E-state index in [0.29, 0.717) is 47.4 Å². The largest absolute Gasteiger partial charge is 0.366 e. The first-order valence-electron chi connectivity index (χ1n) is 10.0. The first-order valence-corrected chi connectivity index (χ1v) is 11.4. The molecule has 0 aliphatic carbocycles. The minimum atomic E-state index is -3.64. The molecule has 1 unspecified atom stereocenters. The molecular formula is C22H26N4O3S. The SMILES string of the molecule is Cc1cccc(N2CCN(S(=O)(=O)c3cc(-c4noc(C)n4)ccc3C)CC2C)c1. The summed E-state index contributed by atoms with van der Waals surface area (Å²) in [4.78, 5) is 6.77. The maximum atomic E-state index is 13.5. The maximum absolute atomic E-state index is 13.5. The minimum Gasteiger partial charge on any atom is -0.366 e. The Morgan fingerprint density at radius 1 is 1.07 bits per heavy atom. The smallest absolute Gasteiger partial charge is 0.243 e. The highest BCUT2D eigenvalue weighted by Crippen LogP contribution is 2.29. The van der Waals surface area contributed by atoms with Crippen molar-refractivity contribution in [3.63, 3.8) is 0 Å². The van der Waals surface area contributed by atoms with E-state index >= 15 is 0 Å². The lowest BCUT2D eigenvalue weighted by Gasteiger charge is -2.40. The van der Waals surface area contributed by atoms with Crippen molar-refractivity contribution in [3.05, 3.63) is 59.5 Å². The molecule has 0 amide bonds. The van der Waals surface area contributed by atoms with E-state index < -0.39 is 10.0 Å². The molecule has 1 aromatic heterocycles. The first kappa shape index (κ1) is 20.6. The van der Waals surface area contributed by atoms with Crippen LogP contribution < -0.4 is 4.90 Å². The average Bonchev–Trinajstić information content (AvgIpc) is 3.14. The molecule has 4 rings (SSSR count). The molecule has 2 aromatic carbocycles. The number of piperazine rings is 1. The zero-order chi connectivity index (χ0) is 21.5. The topological polar surface area (TPSA) is 79.5 Å². The van der Waals surface area contributed by atoms with E-state index in [1.54, 1.807) is 23.4 Å². The van der Waals surface area contributed by atoms with Gasteiger partial charge in [-0.05, 0) is 50.1 Å². The zero-order valence-corrected chi connectivity index (χ0v) is 18.5. The maximum Gasteiger partial charge on any atom is 0.243 e. The molecule has 7 nitrogen and oxygen atoms in total. The van der Waals surface area contributed by atoms with Crippen LogP contribution in [0, 0.1) is 20.8 Å². The average molecular weight is 427 g/mol. The summed E-state index contributed by atoms with van der Waals surface area (Å²) in [5.74, 6) is 0.831. The zero-order valence-electron chi connectivity index (χ0n) is 17.7. The summed E-state index contributed by atoms with van der Waals surface area (Å²) in [5, 5.41) is 3.91. The van der Waals surface area contributed by atoms with Crippen LogP contribution in [0.3, 0.4) is 0 Å². The lowest BCUT2D eigenvalue weighted by Crippen LogP contribution is -2.53. The number of benzene rings is 2. The van der Waals surface area contributed by atoms with Crippen molar-refractivity contribution < 1.29 is 12.9 Å². The third kappa shape index (κ3) is 3.85. The van der Waals surface area contributed by atoms with Crippen LogP contribution in [0.15, 0.2) is 51.9 Å². The quantitative estimate of drug-likeness (QED) is 0.635. The third-order valence-corrected chi connectivity index (χ3v) is 7.52. The number of nitrogens with zero attached hydrogens (tertiary/aromatic N) is 4. The summed E-state index contributed by atoms with van der Waals surface area (Å²) in [7, 11) is -3.64. The van der Waals surface area contributed by atoms with E-state index in [9.17, 15) is 8.42 Å². The van der Waals surface area contributed by atoms with Crippen LogP contribution >= 0.6 is 0 Å². The van der Waals surface area contributed by atoms with Crippen LogP contribution in [0.2, 0.25) is 0 Å². The van der Waals surface area contributed by atoms with Crippen LogP contribution in [0.25, 0.3) is 11.4 Å². The highest BCUT2D eigenvalue weighted by atomic mass is 32.2. The lowest BCUT2D eigenvalue weighted by atomic mass is 10.1. The molecule has 0 bridgehead atoms. The van der Waals surface area contributed by atoms with Gasteiger partial charge in [0.1, 0.15) is 0 Å². The lowest BCUT2D eigenvalue weighted by molar-refractivity contribution is 0.342. The van der Waals surface area contributed by atoms with Gasteiger partial charge in [-0.2, -0.15) is 9.29 Å². The number of hydrogen-bond acceptors (Lipinski definition) is 6. The summed E-state index contributed by atoms with van der Waals surface area (Å²) in [6.07, 6.45) is 0. The second-order valence-electron chi connectivity index (χ2n) is 7.86. The third-order valence-electron chi connectivity index (χ3n) is 5.52. The number of sulfonamides is 1. The van der Waals surface area contributed by atoms with E-state index in [2.05, 4.69) is 47.1 Å². The van der Waals surface area contributed by atoms with Crippen LogP contribution in [0.5, 0.6) is 0 Å². The van der Waals surface area contributed by atoms with Crippen molar-refractivity contribution in [1.82, 2.24) is 14.4 Å². The molecule has 1 aliphatic rings. The van der Waals surface area contributed by atoms with Gasteiger partial charge in [0.05, 0.1) is 4.90 Å². The van der Waals surface area contributed by atoms with Crippen molar-refractivity contribution in [2.45, 2.75) is 38.6 Å². The Morgan fingerprint density at radius 3 is 2.53 bits per heavy atom. The van der Waals surface area contributed by atoms with Crippen LogP contribution in [0.4, 0.5) is 5.69 Å². The van der Waals surface area contributed by atoms with Gasteiger partial charge in [0, 0.05) is 43.9 Å². The Labute approximate surface area is 177 Å². The Kier molecular flexibility index (Phi) is 5.38. The van der Waals surface area contributed by atoms with E-state index in [1.807, 2.05) is 19.1 Å². The van der Waals surface area contributed by atoms with Gasteiger partial charge < -0.3 is 9.42 Å². The summed E-state index contributed by atoms with van der Waals surface area (Å²) in [5.41, 5.74) is 3.65. The molecule has 0 radical (unpaired) electrons. The standard InChI is InChI=1S/C22H26N4O3S/c1-15-6-5-7-20(12-15)26-11-10-25(14-17(26)3)30(27,28)21-13-19(9-8-16(21)2)22-23-18(4)29-24-22/h5-9,12-13,17H,10-11,14H2,1-4H3. The van der Waals surface area contributed by atoms with Crippen LogP contribution in [-0.4, -0.2) is 48.5 Å². The number of aromatic nitrogens is 2. The van der Waals surface area contributed by atoms with Gasteiger partial charge in [-0.1, -0.05) is 29.4 Å². The van der Waals surface area contributed by atoms with Crippen LogP contribution in [-0.2, 0) is 10.0 Å². The molecule has 1 saturated heterocycles. The second kappa shape index (κ2) is 7.85. The Hall–Kier alpha value is -2.71. The van der Waals surface area contributed by atoms with Gasteiger partial charge in [-0.15, -0.1) is 0 Å². The van der Waals surface area contributed by atoms with E-state index in [1.165, 1.54) is 5.56 Å². The number of rotatable bonds is 4. The molecule has 1 aliphatic heterocycles. The number of anilines is 1. The Bertz CT molecular complexity index is 1170. The Morgan fingerprint density at radius 2 is 1.87 bits per heavy atom. The summed E-state index contributed by atoms with van der Waals surface area (Å²) >= 11 is 0. The second-order valence-corrected chi connectivity index (χ2v) is 9.77. The van der Waals surface area contributed by atoms with E-state index in [0.717, 1.165) is 5.69 Å². The molecule has 0 saturated carbocycles. The molecule has 3 aromatic rings. The molecule has 30 heavy (non-hydrogen) atoms. The summed E-state index contributed by atoms with van der Waals surface area (Å²) in [6.45, 7) is 9.16. The van der Waals surface area contributed by atoms with Crippen molar-refractivity contribution in [2.75, 3.05) is 24.5 Å². The van der Waals surface area contributed by atoms with Gasteiger partial charge in [0.2, 0.25) is 21.7 Å². The minimum absolute atomic E-state index is 0.0682. The van der Waals surface area contributed by atoms with Gasteiger partial charge in [-0.3, -0.25) is 0 Å². The predicted molar refractivity (Wildman–Crippen MR) is 116 cm³/mol. The number of aryl methyl sites for hydroxylation is 3. The fourth-order valence-electron chi connectivity index (χ4n) is 3.91. The highest BCUT2D eigenvalue weighted by Gasteiger charge is 2.33. The highest BCUT2D eigenvalue weighted by molar-refractivity contribution is 7.89. The first-order chi connectivity index (χ1) is 14.3. The van der Waals surface area contributed by atoms with Crippen molar-refractivity contribution >= 4 is 15.7 Å². The monoisotopic (exact) mass is 426 g/mol. The van der Waals surface area contributed by atoms with Gasteiger partial charge in [-0.25, -0.2) is 8.42 Å².